The van der Waals surface area contributed by atoms with Crippen LogP contribution in [0.2, 0.25) is 5.02 Å². The van der Waals surface area contributed by atoms with E-state index in [2.05, 4.69) is 24.1 Å². The summed E-state index contributed by atoms with van der Waals surface area (Å²) in [5.74, 6) is -1.73. The molecule has 2 fully saturated rings. The number of ether oxygens (including phenoxy) is 7. The molecule has 18 heteroatoms. The van der Waals surface area contributed by atoms with Crippen LogP contribution in [-0.2, 0) is 62.8 Å². The van der Waals surface area contributed by atoms with Crippen molar-refractivity contribution in [3.05, 3.63) is 112 Å². The molecule has 76 heavy (non-hydrogen) atoms. The molecule has 2 amide bonds. The number of halogens is 4. The molecule has 0 bridgehead atoms. The molecule has 410 valence electrons. The molecule has 14 nitrogen and oxygen atoms in total. The molecule has 1 aromatic heterocycles. The lowest BCUT2D eigenvalue weighted by molar-refractivity contribution is -0.174. The molecule has 5 atom stereocenters. The average molecular weight is 1080 g/mol. The van der Waals surface area contributed by atoms with Gasteiger partial charge in [0.15, 0.2) is 0 Å². The van der Waals surface area contributed by atoms with Crippen molar-refractivity contribution in [2.75, 3.05) is 58.8 Å². The van der Waals surface area contributed by atoms with Crippen molar-refractivity contribution in [2.45, 2.75) is 133 Å². The van der Waals surface area contributed by atoms with E-state index in [9.17, 15) is 32.3 Å². The second-order valence-corrected chi connectivity index (χ2v) is 21.2. The fourth-order valence-corrected chi connectivity index (χ4v) is 12.1. The summed E-state index contributed by atoms with van der Waals surface area (Å²) in [5, 5.41) is 2.92. The van der Waals surface area contributed by atoms with E-state index in [0.717, 1.165) is 60.1 Å². The molecule has 8 rings (SSSR count). The van der Waals surface area contributed by atoms with Crippen molar-refractivity contribution in [2.24, 2.45) is 11.8 Å². The van der Waals surface area contributed by atoms with E-state index in [1.807, 2.05) is 48.5 Å². The van der Waals surface area contributed by atoms with Gasteiger partial charge >= 0.3 is 24.0 Å². The molecule has 1 aliphatic heterocycles. The highest BCUT2D eigenvalue weighted by Gasteiger charge is 2.60. The number of hydrogen-bond donors (Lipinski definition) is 1. The van der Waals surface area contributed by atoms with E-state index in [1.165, 1.54) is 31.4 Å². The molecule has 1 saturated carbocycles. The maximum absolute atomic E-state index is 14.6. The number of fused-ring (bicyclic) bond motifs is 3. The van der Waals surface area contributed by atoms with Gasteiger partial charge in [-0.05, 0) is 153 Å². The number of methoxy groups -OCH3 is 2. The Labute approximate surface area is 447 Å². The Hall–Kier alpha value is -5.91. The van der Waals surface area contributed by atoms with E-state index in [1.54, 1.807) is 6.20 Å². The number of carbonyl (C=O) groups is 4. The van der Waals surface area contributed by atoms with Crippen LogP contribution in [0.15, 0.2) is 79.0 Å². The molecular weight excluding hydrogens is 1010 g/mol. The van der Waals surface area contributed by atoms with Crippen molar-refractivity contribution in [3.8, 4) is 17.2 Å². The first-order valence-electron chi connectivity index (χ1n) is 26.4. The number of nitrogens with one attached hydrogen (secondary N) is 1. The molecule has 2 heterocycles. The molecule has 0 radical (unpaired) electrons. The molecule has 1 saturated heterocycles. The Balaban J connectivity index is 0.966. The van der Waals surface area contributed by atoms with Crippen LogP contribution in [0.25, 0.3) is 0 Å². The van der Waals surface area contributed by atoms with Crippen LogP contribution in [-0.4, -0.2) is 106 Å². The first-order valence-corrected chi connectivity index (χ1v) is 26.8. The molecule has 1 unspecified atom stereocenters. The molecule has 1 N–H and O–H groups in total. The topological polar surface area (TPSA) is 161 Å². The minimum atomic E-state index is -5.32. The van der Waals surface area contributed by atoms with E-state index >= 15 is 0 Å². The Bertz CT molecular complexity index is 2670. The Morgan fingerprint density at radius 3 is 2.43 bits per heavy atom. The van der Waals surface area contributed by atoms with Crippen LogP contribution in [0.4, 0.5) is 18.9 Å². The number of rotatable bonds is 21. The van der Waals surface area contributed by atoms with Gasteiger partial charge in [0.2, 0.25) is 5.91 Å². The lowest BCUT2D eigenvalue weighted by Gasteiger charge is -2.51. The molecule has 3 aliphatic carbocycles. The summed E-state index contributed by atoms with van der Waals surface area (Å²) in [6, 6.07) is 19.7. The lowest BCUT2D eigenvalue weighted by atomic mass is 9.59. The zero-order chi connectivity index (χ0) is 54.0. The Morgan fingerprint density at radius 2 is 1.70 bits per heavy atom. The molecular formula is C58H69ClF3N3O11. The second kappa shape index (κ2) is 25.0. The van der Waals surface area contributed by atoms with Gasteiger partial charge in [0.05, 0.1) is 60.0 Å². The molecule has 4 aliphatic rings. The van der Waals surface area contributed by atoms with Gasteiger partial charge < -0.3 is 38.5 Å². The van der Waals surface area contributed by atoms with E-state index < -0.39 is 41.0 Å². The van der Waals surface area contributed by atoms with Gasteiger partial charge in [-0.3, -0.25) is 19.5 Å². The zero-order valence-electron chi connectivity index (χ0n) is 43.7. The predicted octanol–water partition coefficient (Wildman–Crippen LogP) is 10.0. The number of alkyl halides is 3. The van der Waals surface area contributed by atoms with Gasteiger partial charge in [0, 0.05) is 47.4 Å². The Kier molecular flexibility index (Phi) is 18.6. The highest BCUT2D eigenvalue weighted by atomic mass is 35.5. The standard InChI is InChI=1S/C58H69ClF3N3O11/c1-37(35-76-50-18-24-63-48-14-5-9-38(2)52(48)50)29-41-32-40-16-17-45(34-47(40)56(41)20-22-57(23-21-56,55(69)71-4)65(54(68)58(60,61)62)43-12-7-11-42(59)33-43)73-25-8-15-51(66)64-49(53(67)70-3)31-39-10-6-13-44(30-39)74-26-19-46-36-72-27-28-75-46/h6-7,10-13,16-18,24,30,33-34,37-38,41,46,49H,5,8-9,14-15,19-23,25-29,31-32,35-36H2,1-4H3,(H,64,66)/t37-,38-,41+,46+,49?,56?,57?/m1/s1. The lowest BCUT2D eigenvalue weighted by Crippen LogP contribution is -2.63. The number of aryl methyl sites for hydroxylation is 1. The summed E-state index contributed by atoms with van der Waals surface area (Å²) in [5.41, 5.74) is 2.22. The van der Waals surface area contributed by atoms with Crippen molar-refractivity contribution in [1.82, 2.24) is 10.3 Å². The van der Waals surface area contributed by atoms with Gasteiger partial charge in [0.1, 0.15) is 28.8 Å². The number of nitrogens with zero attached hydrogens (tertiary/aromatic N) is 2. The SMILES string of the molecule is COC(=O)C(Cc1cccc(OCC[C@H]2COCCO2)c1)NC(=O)CCCOc1ccc2c(c1)C1(CCC(C(=O)OC)(N(C(=O)C(F)(F)F)c3cccc(Cl)c3)CC1)[C@@H](C[C@@H](C)COc1ccnc3c1[C@H](C)CCC3)C2. The number of hydrogen-bond acceptors (Lipinski definition) is 12. The third-order valence-corrected chi connectivity index (χ3v) is 15.9. The van der Waals surface area contributed by atoms with Crippen LogP contribution in [0.3, 0.4) is 0 Å². The highest BCUT2D eigenvalue weighted by molar-refractivity contribution is 6.31. The van der Waals surface area contributed by atoms with E-state index in [4.69, 9.17) is 44.8 Å². The van der Waals surface area contributed by atoms with Crippen LogP contribution in [0.1, 0.15) is 112 Å². The highest BCUT2D eigenvalue weighted by Crippen LogP contribution is 2.58. The summed E-state index contributed by atoms with van der Waals surface area (Å²) in [4.78, 5) is 59.0. The van der Waals surface area contributed by atoms with Crippen LogP contribution >= 0.6 is 11.6 Å². The maximum Gasteiger partial charge on any atom is 0.471 e. The van der Waals surface area contributed by atoms with E-state index in [0.29, 0.717) is 81.0 Å². The van der Waals surface area contributed by atoms with E-state index in [-0.39, 0.29) is 79.7 Å². The van der Waals surface area contributed by atoms with Gasteiger partial charge in [-0.25, -0.2) is 9.59 Å². The fraction of sp³-hybridized carbons (Fsp3) is 0.534. The summed E-state index contributed by atoms with van der Waals surface area (Å²) in [6.45, 7) is 7.02. The Morgan fingerprint density at radius 1 is 0.921 bits per heavy atom. The predicted molar refractivity (Wildman–Crippen MR) is 278 cm³/mol. The van der Waals surface area contributed by atoms with Crippen molar-refractivity contribution in [1.29, 1.82) is 0 Å². The second-order valence-electron chi connectivity index (χ2n) is 20.8. The summed E-state index contributed by atoms with van der Waals surface area (Å²) in [6.07, 6.45) is 2.31. The molecule has 3 aromatic carbocycles. The summed E-state index contributed by atoms with van der Waals surface area (Å²) in [7, 11) is 2.39. The van der Waals surface area contributed by atoms with Gasteiger partial charge in [-0.1, -0.05) is 49.7 Å². The third kappa shape index (κ3) is 13.1. The van der Waals surface area contributed by atoms with Crippen molar-refractivity contribution >= 4 is 41.0 Å². The molecule has 4 aromatic rings. The van der Waals surface area contributed by atoms with Gasteiger partial charge in [0.25, 0.3) is 0 Å². The third-order valence-electron chi connectivity index (χ3n) is 15.7. The number of amides is 2. The summed E-state index contributed by atoms with van der Waals surface area (Å²) >= 11 is 6.30. The number of carbonyl (C=O) groups excluding carboxylic acids is 4. The number of esters is 2. The first kappa shape index (κ1) is 56.3. The number of pyridine rings is 1. The minimum absolute atomic E-state index is 0.0199. The monoisotopic (exact) mass is 1080 g/mol. The van der Waals surface area contributed by atoms with Crippen LogP contribution < -0.4 is 24.4 Å². The van der Waals surface area contributed by atoms with Crippen molar-refractivity contribution in [3.63, 3.8) is 0 Å². The number of aromatic nitrogens is 1. The fourth-order valence-electron chi connectivity index (χ4n) is 12.0. The number of benzene rings is 3. The normalized spacial score (nSPS) is 22.8. The van der Waals surface area contributed by atoms with Crippen molar-refractivity contribution < 1.29 is 65.5 Å². The van der Waals surface area contributed by atoms with Crippen LogP contribution in [0.5, 0.6) is 17.2 Å². The summed E-state index contributed by atoms with van der Waals surface area (Å²) < 4.78 is 84.2. The largest absolute Gasteiger partial charge is 0.494 e. The first-order chi connectivity index (χ1) is 36.5. The average Bonchev–Trinajstić information content (AvgIpc) is 3.76. The maximum atomic E-state index is 14.6. The van der Waals surface area contributed by atoms with Gasteiger partial charge in [-0.2, -0.15) is 13.2 Å². The van der Waals surface area contributed by atoms with Gasteiger partial charge in [-0.15, -0.1) is 0 Å². The zero-order valence-corrected chi connectivity index (χ0v) is 44.5. The quantitative estimate of drug-likeness (QED) is 0.0622. The number of anilines is 1. The van der Waals surface area contributed by atoms with Crippen LogP contribution in [0, 0.1) is 11.8 Å². The minimum Gasteiger partial charge on any atom is -0.494 e. The smallest absolute Gasteiger partial charge is 0.471 e. The molecule has 1 spiro atoms.